The first-order valence-electron chi connectivity index (χ1n) is 6.92. The Balaban J connectivity index is 2.60. The van der Waals surface area contributed by atoms with Crippen LogP contribution in [0.4, 0.5) is 11.4 Å². The molecule has 0 spiro atoms. The average Bonchev–Trinajstić information content (AvgIpc) is 2.38. The number of nitro groups is 1. The lowest BCUT2D eigenvalue weighted by molar-refractivity contribution is -0.384. The van der Waals surface area contributed by atoms with E-state index in [2.05, 4.69) is 5.32 Å². The van der Waals surface area contributed by atoms with Crippen LogP contribution >= 0.6 is 0 Å². The van der Waals surface area contributed by atoms with Crippen molar-refractivity contribution < 1.29 is 14.8 Å². The van der Waals surface area contributed by atoms with E-state index in [4.69, 9.17) is 5.11 Å². The molecule has 1 aromatic carbocycles. The molecule has 0 bridgehead atoms. The standard InChI is InChI=1S/C15H22N2O4/c1-11-4-5-12(13(10-11)17(20)21)16-9-8-15(2,3)7-6-14(18)19/h4-5,10,16H,6-9H2,1-3H3,(H,18,19). The number of carboxylic acid groups (broad SMARTS) is 1. The van der Waals surface area contributed by atoms with Gasteiger partial charge in [0.25, 0.3) is 5.69 Å². The second kappa shape index (κ2) is 7.06. The highest BCUT2D eigenvalue weighted by atomic mass is 16.6. The summed E-state index contributed by atoms with van der Waals surface area (Å²) in [5.41, 5.74) is 1.29. The van der Waals surface area contributed by atoms with Gasteiger partial charge >= 0.3 is 5.97 Å². The lowest BCUT2D eigenvalue weighted by Gasteiger charge is -2.24. The van der Waals surface area contributed by atoms with Crippen LogP contribution in [0, 0.1) is 22.5 Å². The van der Waals surface area contributed by atoms with Crippen LogP contribution in [0.1, 0.15) is 38.7 Å². The van der Waals surface area contributed by atoms with Crippen molar-refractivity contribution in [3.63, 3.8) is 0 Å². The maximum Gasteiger partial charge on any atom is 0.303 e. The number of carbonyl (C=O) groups is 1. The minimum atomic E-state index is -0.801. The van der Waals surface area contributed by atoms with Gasteiger partial charge < -0.3 is 10.4 Å². The van der Waals surface area contributed by atoms with Crippen molar-refractivity contribution in [2.45, 2.75) is 40.0 Å². The molecule has 0 aromatic heterocycles. The highest BCUT2D eigenvalue weighted by Crippen LogP contribution is 2.29. The fourth-order valence-corrected chi connectivity index (χ4v) is 2.05. The molecule has 0 unspecified atom stereocenters. The van der Waals surface area contributed by atoms with Crippen molar-refractivity contribution in [2.24, 2.45) is 5.41 Å². The highest BCUT2D eigenvalue weighted by Gasteiger charge is 2.20. The summed E-state index contributed by atoms with van der Waals surface area (Å²) >= 11 is 0. The van der Waals surface area contributed by atoms with E-state index in [0.717, 1.165) is 12.0 Å². The van der Waals surface area contributed by atoms with Gasteiger partial charge in [0.15, 0.2) is 0 Å². The maximum atomic E-state index is 11.0. The fourth-order valence-electron chi connectivity index (χ4n) is 2.05. The molecule has 0 saturated heterocycles. The van der Waals surface area contributed by atoms with Crippen LogP contribution in [0.15, 0.2) is 18.2 Å². The molecule has 6 nitrogen and oxygen atoms in total. The van der Waals surface area contributed by atoms with Gasteiger partial charge in [-0.05, 0) is 36.8 Å². The smallest absolute Gasteiger partial charge is 0.303 e. The first-order valence-corrected chi connectivity index (χ1v) is 6.92. The minimum absolute atomic E-state index is 0.0679. The van der Waals surface area contributed by atoms with Crippen molar-refractivity contribution in [3.05, 3.63) is 33.9 Å². The molecule has 0 atom stereocenters. The van der Waals surface area contributed by atoms with Crippen LogP contribution in [0.3, 0.4) is 0 Å². The third kappa shape index (κ3) is 5.81. The monoisotopic (exact) mass is 294 g/mol. The van der Waals surface area contributed by atoms with Gasteiger partial charge in [0.2, 0.25) is 0 Å². The van der Waals surface area contributed by atoms with E-state index in [1.165, 1.54) is 6.07 Å². The van der Waals surface area contributed by atoms with Crippen molar-refractivity contribution >= 4 is 17.3 Å². The summed E-state index contributed by atoms with van der Waals surface area (Å²) in [6.07, 6.45) is 1.46. The van der Waals surface area contributed by atoms with E-state index in [1.54, 1.807) is 6.07 Å². The first-order chi connectivity index (χ1) is 9.71. The number of rotatable bonds is 8. The Labute approximate surface area is 124 Å². The number of nitro benzene ring substituents is 1. The number of carboxylic acids is 1. The normalized spacial score (nSPS) is 11.2. The number of aliphatic carboxylic acids is 1. The Kier molecular flexibility index (Phi) is 5.69. The van der Waals surface area contributed by atoms with E-state index in [9.17, 15) is 14.9 Å². The van der Waals surface area contributed by atoms with Gasteiger partial charge in [0, 0.05) is 19.0 Å². The molecule has 0 fully saturated rings. The van der Waals surface area contributed by atoms with Crippen molar-refractivity contribution in [2.75, 3.05) is 11.9 Å². The van der Waals surface area contributed by atoms with Gasteiger partial charge in [-0.15, -0.1) is 0 Å². The third-order valence-electron chi connectivity index (χ3n) is 3.48. The van der Waals surface area contributed by atoms with Crippen molar-refractivity contribution in [1.82, 2.24) is 0 Å². The van der Waals surface area contributed by atoms with Crippen LogP contribution in [0.5, 0.6) is 0 Å². The second-order valence-electron chi connectivity index (χ2n) is 6.01. The van der Waals surface area contributed by atoms with Crippen molar-refractivity contribution in [1.29, 1.82) is 0 Å². The largest absolute Gasteiger partial charge is 0.481 e. The van der Waals surface area contributed by atoms with E-state index >= 15 is 0 Å². The van der Waals surface area contributed by atoms with Gasteiger partial charge in [-0.3, -0.25) is 14.9 Å². The zero-order chi connectivity index (χ0) is 16.0. The lowest BCUT2D eigenvalue weighted by Crippen LogP contribution is -2.18. The van der Waals surface area contributed by atoms with Crippen LogP contribution in [0.25, 0.3) is 0 Å². The quantitative estimate of drug-likeness (QED) is 0.564. The molecule has 6 heteroatoms. The molecule has 0 saturated carbocycles. The molecule has 0 aliphatic rings. The third-order valence-corrected chi connectivity index (χ3v) is 3.48. The Morgan fingerprint density at radius 2 is 2.05 bits per heavy atom. The molecule has 1 aromatic rings. The van der Waals surface area contributed by atoms with Gasteiger partial charge in [-0.2, -0.15) is 0 Å². The Hall–Kier alpha value is -2.11. The number of hydrogen-bond donors (Lipinski definition) is 2. The average molecular weight is 294 g/mol. The van der Waals surface area contributed by atoms with E-state index < -0.39 is 10.9 Å². The van der Waals surface area contributed by atoms with Gasteiger partial charge in [0.05, 0.1) is 4.92 Å². The SMILES string of the molecule is Cc1ccc(NCCC(C)(C)CCC(=O)O)c([N+](=O)[O-])c1. The summed E-state index contributed by atoms with van der Waals surface area (Å²) in [5, 5.41) is 22.8. The number of nitrogens with one attached hydrogen (secondary N) is 1. The highest BCUT2D eigenvalue weighted by molar-refractivity contribution is 5.66. The molecule has 0 aliphatic carbocycles. The molecule has 116 valence electrons. The molecule has 0 amide bonds. The van der Waals surface area contributed by atoms with Crippen LogP contribution < -0.4 is 5.32 Å². The first kappa shape index (κ1) is 16.9. The van der Waals surface area contributed by atoms with Gasteiger partial charge in [-0.1, -0.05) is 19.9 Å². The van der Waals surface area contributed by atoms with Crippen LogP contribution in [0.2, 0.25) is 0 Å². The molecule has 0 radical (unpaired) electrons. The number of benzene rings is 1. The Morgan fingerprint density at radius 3 is 2.62 bits per heavy atom. The maximum absolute atomic E-state index is 11.0. The summed E-state index contributed by atoms with van der Waals surface area (Å²) in [4.78, 5) is 21.2. The number of aryl methyl sites for hydroxylation is 1. The van der Waals surface area contributed by atoms with Gasteiger partial charge in [-0.25, -0.2) is 0 Å². The predicted molar refractivity (Wildman–Crippen MR) is 81.6 cm³/mol. The summed E-state index contributed by atoms with van der Waals surface area (Å²) in [6, 6.07) is 5.07. The fraction of sp³-hybridized carbons (Fsp3) is 0.533. The Bertz CT molecular complexity index is 526. The van der Waals surface area contributed by atoms with Crippen LogP contribution in [-0.2, 0) is 4.79 Å². The van der Waals surface area contributed by atoms with Gasteiger partial charge in [0.1, 0.15) is 5.69 Å². The Morgan fingerprint density at radius 1 is 1.38 bits per heavy atom. The molecular formula is C15H22N2O4. The van der Waals surface area contributed by atoms with Crippen LogP contribution in [-0.4, -0.2) is 22.5 Å². The lowest BCUT2D eigenvalue weighted by atomic mass is 9.84. The molecule has 0 heterocycles. The van der Waals surface area contributed by atoms with E-state index in [-0.39, 0.29) is 17.5 Å². The summed E-state index contributed by atoms with van der Waals surface area (Å²) in [5.74, 6) is -0.801. The topological polar surface area (TPSA) is 92.5 Å². The molecular weight excluding hydrogens is 272 g/mol. The second-order valence-corrected chi connectivity index (χ2v) is 6.01. The molecule has 2 N–H and O–H groups in total. The number of nitrogens with zero attached hydrogens (tertiary/aromatic N) is 1. The zero-order valence-corrected chi connectivity index (χ0v) is 12.7. The molecule has 21 heavy (non-hydrogen) atoms. The summed E-state index contributed by atoms with van der Waals surface area (Å²) < 4.78 is 0. The zero-order valence-electron chi connectivity index (χ0n) is 12.7. The number of anilines is 1. The molecule has 1 rings (SSSR count). The number of hydrogen-bond acceptors (Lipinski definition) is 4. The summed E-state index contributed by atoms with van der Waals surface area (Å²) in [7, 11) is 0. The minimum Gasteiger partial charge on any atom is -0.481 e. The van der Waals surface area contributed by atoms with E-state index in [1.807, 2.05) is 26.8 Å². The summed E-state index contributed by atoms with van der Waals surface area (Å²) in [6.45, 7) is 6.38. The molecule has 0 aliphatic heterocycles. The van der Waals surface area contributed by atoms with E-state index in [0.29, 0.717) is 18.7 Å². The predicted octanol–water partition coefficient (Wildman–Crippen LogP) is 3.60. The van der Waals surface area contributed by atoms with Crippen molar-refractivity contribution in [3.8, 4) is 0 Å².